The molecule has 2 aliphatic rings. The quantitative estimate of drug-likeness (QED) is 0.652. The first-order valence-electron chi connectivity index (χ1n) is 10.6. The van der Waals surface area contributed by atoms with Crippen LogP contribution < -0.4 is 5.32 Å². The molecule has 3 aromatic rings. The predicted octanol–water partition coefficient (Wildman–Crippen LogP) is 5.28. The summed E-state index contributed by atoms with van der Waals surface area (Å²) in [5, 5.41) is 4.90. The van der Waals surface area contributed by atoms with E-state index in [0.29, 0.717) is 5.92 Å². The van der Waals surface area contributed by atoms with Crippen LogP contribution in [0.3, 0.4) is 0 Å². The van der Waals surface area contributed by atoms with Crippen molar-refractivity contribution < 1.29 is 0 Å². The second-order valence-corrected chi connectivity index (χ2v) is 8.88. The maximum atomic E-state index is 3.65. The normalized spacial score (nSPS) is 18.9. The van der Waals surface area contributed by atoms with Crippen molar-refractivity contribution in [2.24, 2.45) is 5.92 Å². The summed E-state index contributed by atoms with van der Waals surface area (Å²) in [5.74, 6) is 1.43. The van der Waals surface area contributed by atoms with Crippen molar-refractivity contribution in [3.05, 3.63) is 69.9 Å². The lowest BCUT2D eigenvalue weighted by atomic mass is 9.96. The molecule has 5 rings (SSSR count). The molecule has 0 fully saturated rings. The van der Waals surface area contributed by atoms with Gasteiger partial charge in [-0.1, -0.05) is 44.2 Å². The van der Waals surface area contributed by atoms with Crippen LogP contribution in [0.15, 0.2) is 36.4 Å². The lowest BCUT2D eigenvalue weighted by Crippen LogP contribution is -2.22. The summed E-state index contributed by atoms with van der Waals surface area (Å²) in [6.07, 6.45) is 6.15. The number of aryl methyl sites for hydroxylation is 1. The third-order valence-electron chi connectivity index (χ3n) is 6.67. The van der Waals surface area contributed by atoms with Crippen molar-refractivity contribution in [1.82, 2.24) is 10.3 Å². The summed E-state index contributed by atoms with van der Waals surface area (Å²) < 4.78 is 0. The second-order valence-electron chi connectivity index (χ2n) is 8.88. The molecular formula is C25H30N2. The van der Waals surface area contributed by atoms with Gasteiger partial charge in [-0.3, -0.25) is 0 Å². The number of rotatable bonds is 4. The first kappa shape index (κ1) is 17.1. The molecular weight excluding hydrogens is 328 g/mol. The van der Waals surface area contributed by atoms with Gasteiger partial charge in [-0.25, -0.2) is 0 Å². The summed E-state index contributed by atoms with van der Waals surface area (Å²) in [6.45, 7) is 6.66. The van der Waals surface area contributed by atoms with Crippen molar-refractivity contribution >= 4 is 10.9 Å². The minimum atomic E-state index is 0.628. The van der Waals surface area contributed by atoms with Crippen LogP contribution in [0, 0.1) is 5.92 Å². The molecule has 2 aromatic carbocycles. The van der Waals surface area contributed by atoms with Crippen molar-refractivity contribution in [2.75, 3.05) is 6.54 Å². The van der Waals surface area contributed by atoms with Crippen molar-refractivity contribution in [1.29, 1.82) is 0 Å². The molecule has 1 aromatic heterocycles. The first-order chi connectivity index (χ1) is 13.2. The Balaban J connectivity index is 1.28. The third kappa shape index (κ3) is 3.21. The van der Waals surface area contributed by atoms with Crippen LogP contribution in [0.1, 0.15) is 59.7 Å². The van der Waals surface area contributed by atoms with Crippen LogP contribution in [0.4, 0.5) is 0 Å². The van der Waals surface area contributed by atoms with Crippen LogP contribution in [-0.2, 0) is 32.2 Å². The Morgan fingerprint density at radius 3 is 2.81 bits per heavy atom. The average molecular weight is 359 g/mol. The standard InChI is InChI=1S/C25H30N2/c1-16(2)19-6-7-20-11-18(12-21(20)14-19)4-3-17-5-8-22-23-9-10-26-15-25(23)27-24(22)13-17/h5-8,13-14,16,18,26-27H,3-4,9-12,15H2,1-2H3. The maximum absolute atomic E-state index is 3.65. The van der Waals surface area contributed by atoms with E-state index in [2.05, 4.69) is 60.5 Å². The Hall–Kier alpha value is -2.06. The van der Waals surface area contributed by atoms with Crippen molar-refractivity contribution in [2.45, 2.75) is 58.4 Å². The topological polar surface area (TPSA) is 27.8 Å². The number of nitrogens with one attached hydrogen (secondary N) is 2. The Morgan fingerprint density at radius 2 is 1.93 bits per heavy atom. The summed E-state index contributed by atoms with van der Waals surface area (Å²) in [7, 11) is 0. The molecule has 2 heterocycles. The number of fused-ring (bicyclic) bond motifs is 4. The Bertz CT molecular complexity index is 979. The fourth-order valence-corrected chi connectivity index (χ4v) is 5.04. The molecule has 0 bridgehead atoms. The minimum absolute atomic E-state index is 0.628. The SMILES string of the molecule is CC(C)c1ccc2c(c1)CC(CCc1ccc3c4c([nH]c3c1)CNCC4)C2. The number of hydrogen-bond acceptors (Lipinski definition) is 1. The first-order valence-corrected chi connectivity index (χ1v) is 10.6. The van der Waals surface area contributed by atoms with Gasteiger partial charge in [0.25, 0.3) is 0 Å². The highest BCUT2D eigenvalue weighted by atomic mass is 14.9. The van der Waals surface area contributed by atoms with E-state index in [0.717, 1.165) is 25.4 Å². The van der Waals surface area contributed by atoms with Gasteiger partial charge < -0.3 is 10.3 Å². The highest BCUT2D eigenvalue weighted by molar-refractivity contribution is 5.85. The molecule has 1 atom stereocenters. The highest BCUT2D eigenvalue weighted by Crippen LogP contribution is 2.32. The fourth-order valence-electron chi connectivity index (χ4n) is 5.04. The van der Waals surface area contributed by atoms with E-state index in [-0.39, 0.29) is 0 Å². The van der Waals surface area contributed by atoms with Gasteiger partial charge in [0.2, 0.25) is 0 Å². The van der Waals surface area contributed by atoms with Crippen molar-refractivity contribution in [3.8, 4) is 0 Å². The molecule has 140 valence electrons. The van der Waals surface area contributed by atoms with E-state index in [1.54, 1.807) is 11.1 Å². The largest absolute Gasteiger partial charge is 0.357 e. The van der Waals surface area contributed by atoms with Crippen LogP contribution in [0.2, 0.25) is 0 Å². The molecule has 1 unspecified atom stereocenters. The molecule has 0 spiro atoms. The van der Waals surface area contributed by atoms with Gasteiger partial charge in [-0.15, -0.1) is 0 Å². The van der Waals surface area contributed by atoms with Gasteiger partial charge in [0.05, 0.1) is 0 Å². The Labute approximate surface area is 162 Å². The number of benzene rings is 2. The van der Waals surface area contributed by atoms with E-state index < -0.39 is 0 Å². The number of aromatic amines is 1. The number of aromatic nitrogens is 1. The second kappa shape index (κ2) is 6.83. The van der Waals surface area contributed by atoms with Gasteiger partial charge in [0, 0.05) is 23.1 Å². The Kier molecular flexibility index (Phi) is 4.32. The molecule has 0 saturated carbocycles. The van der Waals surface area contributed by atoms with E-state index in [9.17, 15) is 0 Å². The zero-order valence-corrected chi connectivity index (χ0v) is 16.6. The zero-order valence-electron chi connectivity index (χ0n) is 16.6. The molecule has 27 heavy (non-hydrogen) atoms. The van der Waals surface area contributed by atoms with Crippen molar-refractivity contribution in [3.63, 3.8) is 0 Å². The third-order valence-corrected chi connectivity index (χ3v) is 6.67. The molecule has 0 amide bonds. The minimum Gasteiger partial charge on any atom is -0.357 e. The van der Waals surface area contributed by atoms with Gasteiger partial charge >= 0.3 is 0 Å². The molecule has 0 saturated heterocycles. The monoisotopic (exact) mass is 358 g/mol. The average Bonchev–Trinajstić information content (AvgIpc) is 3.25. The highest BCUT2D eigenvalue weighted by Gasteiger charge is 2.22. The summed E-state index contributed by atoms with van der Waals surface area (Å²) in [6, 6.07) is 14.3. The Morgan fingerprint density at radius 1 is 1.04 bits per heavy atom. The molecule has 2 heteroatoms. The molecule has 2 nitrogen and oxygen atoms in total. The van der Waals surface area contributed by atoms with Crippen LogP contribution in [0.5, 0.6) is 0 Å². The lowest BCUT2D eigenvalue weighted by molar-refractivity contribution is 0.514. The molecule has 0 radical (unpaired) electrons. The van der Waals surface area contributed by atoms with Crippen LogP contribution >= 0.6 is 0 Å². The van der Waals surface area contributed by atoms with E-state index in [1.807, 2.05) is 0 Å². The summed E-state index contributed by atoms with van der Waals surface area (Å²) in [5.41, 5.74) is 10.4. The van der Waals surface area contributed by atoms with E-state index >= 15 is 0 Å². The summed E-state index contributed by atoms with van der Waals surface area (Å²) in [4.78, 5) is 3.65. The van der Waals surface area contributed by atoms with E-state index in [4.69, 9.17) is 0 Å². The molecule has 1 aliphatic carbocycles. The predicted molar refractivity (Wildman–Crippen MR) is 113 cm³/mol. The zero-order chi connectivity index (χ0) is 18.4. The van der Waals surface area contributed by atoms with Gasteiger partial charge in [0.1, 0.15) is 0 Å². The number of hydrogen-bond donors (Lipinski definition) is 2. The smallest absolute Gasteiger partial charge is 0.0462 e. The van der Waals surface area contributed by atoms with Gasteiger partial charge in [-0.2, -0.15) is 0 Å². The van der Waals surface area contributed by atoms with Crippen LogP contribution in [-0.4, -0.2) is 11.5 Å². The van der Waals surface area contributed by atoms with E-state index in [1.165, 1.54) is 59.0 Å². The molecule has 2 N–H and O–H groups in total. The lowest BCUT2D eigenvalue weighted by Gasteiger charge is -2.12. The van der Waals surface area contributed by atoms with Crippen LogP contribution in [0.25, 0.3) is 10.9 Å². The molecule has 1 aliphatic heterocycles. The fraction of sp³-hybridized carbons (Fsp3) is 0.440. The maximum Gasteiger partial charge on any atom is 0.0462 e. The summed E-state index contributed by atoms with van der Waals surface area (Å²) >= 11 is 0. The number of H-pyrrole nitrogens is 1. The van der Waals surface area contributed by atoms with Gasteiger partial charge in [-0.05, 0) is 84.4 Å². The van der Waals surface area contributed by atoms with Gasteiger partial charge in [0.15, 0.2) is 0 Å².